The zero-order valence-electron chi connectivity index (χ0n) is 10.6. The molecule has 0 bridgehead atoms. The molecular weight excluding hydrogens is 240 g/mol. The monoisotopic (exact) mass is 254 g/mol. The first-order chi connectivity index (χ1) is 9.24. The van der Waals surface area contributed by atoms with Crippen LogP contribution in [-0.2, 0) is 6.42 Å². The van der Waals surface area contributed by atoms with Gasteiger partial charge in [-0.3, -0.25) is 0 Å². The first-order valence-electron chi connectivity index (χ1n) is 6.02. The SMILES string of the molecule is COc1ccc(Cc2nc3cc(N)ccc3o2)cc1. The van der Waals surface area contributed by atoms with Crippen LogP contribution in [0.25, 0.3) is 11.1 Å². The topological polar surface area (TPSA) is 61.3 Å². The molecule has 0 aliphatic rings. The van der Waals surface area contributed by atoms with Gasteiger partial charge in [-0.2, -0.15) is 0 Å². The molecule has 0 aliphatic heterocycles. The molecule has 0 unspecified atom stereocenters. The van der Waals surface area contributed by atoms with Gasteiger partial charge in [0.25, 0.3) is 0 Å². The van der Waals surface area contributed by atoms with Gasteiger partial charge in [0.15, 0.2) is 11.5 Å². The fraction of sp³-hybridized carbons (Fsp3) is 0.133. The predicted octanol–water partition coefficient (Wildman–Crippen LogP) is 3.01. The highest BCUT2D eigenvalue weighted by molar-refractivity contribution is 5.76. The van der Waals surface area contributed by atoms with Crippen molar-refractivity contribution in [3.05, 3.63) is 53.9 Å². The van der Waals surface area contributed by atoms with Crippen LogP contribution in [0.1, 0.15) is 11.5 Å². The highest BCUT2D eigenvalue weighted by atomic mass is 16.5. The lowest BCUT2D eigenvalue weighted by atomic mass is 10.1. The molecule has 0 fully saturated rings. The second-order valence-electron chi connectivity index (χ2n) is 4.36. The van der Waals surface area contributed by atoms with Crippen LogP contribution in [-0.4, -0.2) is 12.1 Å². The summed E-state index contributed by atoms with van der Waals surface area (Å²) in [5.74, 6) is 1.53. The van der Waals surface area contributed by atoms with Crippen LogP contribution in [0.2, 0.25) is 0 Å². The Kier molecular flexibility index (Phi) is 2.83. The molecule has 0 atom stereocenters. The number of aromatic nitrogens is 1. The average molecular weight is 254 g/mol. The van der Waals surface area contributed by atoms with Gasteiger partial charge in [0, 0.05) is 12.1 Å². The van der Waals surface area contributed by atoms with Crippen LogP contribution in [0.4, 0.5) is 5.69 Å². The minimum atomic E-state index is 0.651. The Bertz CT molecular complexity index is 702. The number of nitrogen functional groups attached to an aromatic ring is 1. The molecule has 0 saturated heterocycles. The van der Waals surface area contributed by atoms with E-state index in [0.29, 0.717) is 18.0 Å². The molecule has 19 heavy (non-hydrogen) atoms. The minimum absolute atomic E-state index is 0.651. The summed E-state index contributed by atoms with van der Waals surface area (Å²) < 4.78 is 10.8. The van der Waals surface area contributed by atoms with Crippen LogP contribution in [0.15, 0.2) is 46.9 Å². The Morgan fingerprint density at radius 1 is 1.16 bits per heavy atom. The van der Waals surface area contributed by atoms with E-state index in [0.717, 1.165) is 22.4 Å². The van der Waals surface area contributed by atoms with Crippen LogP contribution in [0.5, 0.6) is 5.75 Å². The fourth-order valence-corrected chi connectivity index (χ4v) is 1.99. The summed E-state index contributed by atoms with van der Waals surface area (Å²) >= 11 is 0. The number of hydrogen-bond acceptors (Lipinski definition) is 4. The molecule has 0 aliphatic carbocycles. The number of rotatable bonds is 3. The predicted molar refractivity (Wildman–Crippen MR) is 74.2 cm³/mol. The van der Waals surface area contributed by atoms with E-state index < -0.39 is 0 Å². The Balaban J connectivity index is 1.87. The summed E-state index contributed by atoms with van der Waals surface area (Å²) in [6.07, 6.45) is 0.651. The fourth-order valence-electron chi connectivity index (χ4n) is 1.99. The number of anilines is 1. The molecule has 0 spiro atoms. The first-order valence-corrected chi connectivity index (χ1v) is 6.02. The molecule has 0 amide bonds. The Labute approximate surface area is 110 Å². The van der Waals surface area contributed by atoms with Gasteiger partial charge >= 0.3 is 0 Å². The molecule has 1 aromatic heterocycles. The molecular formula is C15H14N2O2. The summed E-state index contributed by atoms with van der Waals surface area (Å²) in [4.78, 5) is 4.43. The van der Waals surface area contributed by atoms with Crippen molar-refractivity contribution in [2.75, 3.05) is 12.8 Å². The van der Waals surface area contributed by atoms with E-state index in [1.54, 1.807) is 7.11 Å². The molecule has 0 radical (unpaired) electrons. The van der Waals surface area contributed by atoms with E-state index in [-0.39, 0.29) is 0 Å². The molecule has 4 nitrogen and oxygen atoms in total. The largest absolute Gasteiger partial charge is 0.497 e. The molecule has 0 saturated carbocycles. The lowest BCUT2D eigenvalue weighted by molar-refractivity contribution is 0.414. The third-order valence-electron chi connectivity index (χ3n) is 2.97. The summed E-state index contributed by atoms with van der Waals surface area (Å²) in [6.45, 7) is 0. The highest BCUT2D eigenvalue weighted by Crippen LogP contribution is 2.20. The maximum Gasteiger partial charge on any atom is 0.199 e. The standard InChI is InChI=1S/C15H14N2O2/c1-18-12-5-2-10(3-6-12)8-15-17-13-9-11(16)4-7-14(13)19-15/h2-7,9H,8,16H2,1H3. The van der Waals surface area contributed by atoms with E-state index in [4.69, 9.17) is 14.9 Å². The molecule has 4 heteroatoms. The number of ether oxygens (including phenoxy) is 1. The molecule has 2 aromatic carbocycles. The second-order valence-corrected chi connectivity index (χ2v) is 4.36. The van der Waals surface area contributed by atoms with Crippen molar-refractivity contribution in [2.45, 2.75) is 6.42 Å². The minimum Gasteiger partial charge on any atom is -0.497 e. The zero-order chi connectivity index (χ0) is 13.2. The summed E-state index contributed by atoms with van der Waals surface area (Å²) in [5, 5.41) is 0. The third kappa shape index (κ3) is 2.38. The van der Waals surface area contributed by atoms with Crippen molar-refractivity contribution >= 4 is 16.8 Å². The van der Waals surface area contributed by atoms with E-state index in [2.05, 4.69) is 4.98 Å². The number of benzene rings is 2. The van der Waals surface area contributed by atoms with Gasteiger partial charge in [-0.1, -0.05) is 12.1 Å². The maximum atomic E-state index is 5.72. The van der Waals surface area contributed by atoms with Gasteiger partial charge in [-0.15, -0.1) is 0 Å². The summed E-state index contributed by atoms with van der Waals surface area (Å²) in [7, 11) is 1.65. The van der Waals surface area contributed by atoms with Crippen molar-refractivity contribution in [1.82, 2.24) is 4.98 Å². The van der Waals surface area contributed by atoms with Crippen molar-refractivity contribution in [3.8, 4) is 5.75 Å². The maximum absolute atomic E-state index is 5.72. The summed E-state index contributed by atoms with van der Waals surface area (Å²) in [5.41, 5.74) is 9.10. The average Bonchev–Trinajstić information content (AvgIpc) is 2.81. The van der Waals surface area contributed by atoms with E-state index in [1.807, 2.05) is 42.5 Å². The molecule has 2 N–H and O–H groups in total. The Morgan fingerprint density at radius 3 is 2.68 bits per heavy atom. The molecule has 96 valence electrons. The van der Waals surface area contributed by atoms with Crippen LogP contribution >= 0.6 is 0 Å². The van der Waals surface area contributed by atoms with Crippen LogP contribution in [0, 0.1) is 0 Å². The van der Waals surface area contributed by atoms with Crippen molar-refractivity contribution in [1.29, 1.82) is 0 Å². The molecule has 3 rings (SSSR count). The highest BCUT2D eigenvalue weighted by Gasteiger charge is 2.07. The van der Waals surface area contributed by atoms with Gasteiger partial charge in [-0.05, 0) is 35.9 Å². The number of hydrogen-bond donors (Lipinski definition) is 1. The third-order valence-corrected chi connectivity index (χ3v) is 2.97. The quantitative estimate of drug-likeness (QED) is 0.730. The molecule has 3 aromatic rings. The number of methoxy groups -OCH3 is 1. The second kappa shape index (κ2) is 4.65. The Hall–Kier alpha value is -2.49. The van der Waals surface area contributed by atoms with Gasteiger partial charge in [-0.25, -0.2) is 4.98 Å². The number of nitrogens with zero attached hydrogens (tertiary/aromatic N) is 1. The van der Waals surface area contributed by atoms with Gasteiger partial charge < -0.3 is 14.9 Å². The van der Waals surface area contributed by atoms with Gasteiger partial charge in [0.2, 0.25) is 0 Å². The van der Waals surface area contributed by atoms with Crippen molar-refractivity contribution in [2.24, 2.45) is 0 Å². The number of oxazole rings is 1. The van der Waals surface area contributed by atoms with E-state index >= 15 is 0 Å². The van der Waals surface area contributed by atoms with Crippen LogP contribution < -0.4 is 10.5 Å². The first kappa shape index (κ1) is 11.6. The molecule has 1 heterocycles. The zero-order valence-corrected chi connectivity index (χ0v) is 10.6. The van der Waals surface area contributed by atoms with Crippen molar-refractivity contribution < 1.29 is 9.15 Å². The number of nitrogens with two attached hydrogens (primary N) is 1. The summed E-state index contributed by atoms with van der Waals surface area (Å²) in [6, 6.07) is 13.3. The Morgan fingerprint density at radius 2 is 1.95 bits per heavy atom. The lowest BCUT2D eigenvalue weighted by Crippen LogP contribution is -1.89. The normalized spacial score (nSPS) is 10.8. The van der Waals surface area contributed by atoms with Crippen molar-refractivity contribution in [3.63, 3.8) is 0 Å². The van der Waals surface area contributed by atoms with Gasteiger partial charge in [0.1, 0.15) is 11.3 Å². The van der Waals surface area contributed by atoms with E-state index in [1.165, 1.54) is 0 Å². The van der Waals surface area contributed by atoms with Gasteiger partial charge in [0.05, 0.1) is 7.11 Å². The smallest absolute Gasteiger partial charge is 0.199 e. The number of fused-ring (bicyclic) bond motifs is 1. The van der Waals surface area contributed by atoms with Crippen LogP contribution in [0.3, 0.4) is 0 Å². The lowest BCUT2D eigenvalue weighted by Gasteiger charge is -2.00. The van der Waals surface area contributed by atoms with E-state index in [9.17, 15) is 0 Å².